The van der Waals surface area contributed by atoms with Crippen molar-refractivity contribution in [3.8, 4) is 0 Å². The Bertz CT molecular complexity index is 594. The minimum atomic E-state index is 0.531. The fraction of sp³-hybridized carbons (Fsp3) is 0.556. The van der Waals surface area contributed by atoms with Crippen LogP contribution in [0.5, 0.6) is 0 Å². The van der Waals surface area contributed by atoms with E-state index in [9.17, 15) is 0 Å². The lowest BCUT2D eigenvalue weighted by molar-refractivity contribution is 0.154. The third-order valence-corrected chi connectivity index (χ3v) is 4.56. The summed E-state index contributed by atoms with van der Waals surface area (Å²) < 4.78 is 0. The molecule has 1 atom stereocenters. The fourth-order valence-corrected chi connectivity index (χ4v) is 3.62. The number of aromatic amines is 1. The van der Waals surface area contributed by atoms with Crippen molar-refractivity contribution in [1.82, 2.24) is 15.2 Å². The number of piperazine rings is 1. The van der Waals surface area contributed by atoms with E-state index in [2.05, 4.69) is 60.2 Å². The highest BCUT2D eigenvalue weighted by molar-refractivity contribution is 5.85. The van der Waals surface area contributed by atoms with Gasteiger partial charge in [-0.15, -0.1) is 0 Å². The maximum Gasteiger partial charge on any atom is 0.0459 e. The Morgan fingerprint density at radius 2 is 1.86 bits per heavy atom. The molecule has 2 aromatic rings. The maximum absolute atomic E-state index is 3.58. The fourth-order valence-electron chi connectivity index (χ4n) is 3.62. The quantitative estimate of drug-likeness (QED) is 0.901. The van der Waals surface area contributed by atoms with Crippen molar-refractivity contribution in [1.29, 1.82) is 0 Å². The van der Waals surface area contributed by atoms with Crippen molar-refractivity contribution in [2.45, 2.75) is 33.2 Å². The molecule has 0 saturated carbocycles. The van der Waals surface area contributed by atoms with Crippen LogP contribution in [0.15, 0.2) is 24.3 Å². The smallest absolute Gasteiger partial charge is 0.0459 e. The number of fused-ring (bicyclic) bond motifs is 1. The number of nitrogens with one attached hydrogen (secondary N) is 2. The highest BCUT2D eigenvalue weighted by Crippen LogP contribution is 2.35. The number of H-pyrrole nitrogens is 1. The van der Waals surface area contributed by atoms with Gasteiger partial charge in [-0.2, -0.15) is 0 Å². The number of para-hydroxylation sites is 1. The lowest BCUT2D eigenvalue weighted by atomic mass is 9.93. The molecule has 1 aliphatic rings. The van der Waals surface area contributed by atoms with Crippen molar-refractivity contribution in [3.05, 3.63) is 35.5 Å². The molecule has 1 aliphatic heterocycles. The summed E-state index contributed by atoms with van der Waals surface area (Å²) >= 11 is 0. The third kappa shape index (κ3) is 2.99. The zero-order valence-corrected chi connectivity index (χ0v) is 13.4. The Kier molecular flexibility index (Phi) is 4.32. The molecule has 3 nitrogen and oxygen atoms in total. The lowest BCUT2D eigenvalue weighted by Gasteiger charge is -2.36. The van der Waals surface area contributed by atoms with Gasteiger partial charge in [0, 0.05) is 48.8 Å². The number of benzene rings is 1. The second-order valence-electron chi connectivity index (χ2n) is 6.64. The van der Waals surface area contributed by atoms with Crippen LogP contribution in [0.1, 0.15) is 37.6 Å². The standard InChI is InChI=1S/C18H27N3/c1-13(2)12-17(21-10-8-19-9-11-21)18-14(3)20-16-7-5-4-6-15(16)18/h4-7,13,17,19-20H,8-12H2,1-3H3/t17-/m0/s1. The molecule has 0 radical (unpaired) electrons. The first kappa shape index (κ1) is 14.6. The highest BCUT2D eigenvalue weighted by Gasteiger charge is 2.26. The minimum absolute atomic E-state index is 0.531. The Balaban J connectivity index is 2.02. The van der Waals surface area contributed by atoms with Gasteiger partial charge in [-0.05, 0) is 30.9 Å². The van der Waals surface area contributed by atoms with Crippen LogP contribution in [0, 0.1) is 12.8 Å². The SMILES string of the molecule is Cc1[nH]c2ccccc2c1[C@H](CC(C)C)N1CCNCC1. The molecule has 1 fully saturated rings. The topological polar surface area (TPSA) is 31.1 Å². The second kappa shape index (κ2) is 6.20. The molecule has 1 saturated heterocycles. The third-order valence-electron chi connectivity index (χ3n) is 4.56. The van der Waals surface area contributed by atoms with Gasteiger partial charge in [-0.25, -0.2) is 0 Å². The molecule has 3 rings (SSSR count). The zero-order chi connectivity index (χ0) is 14.8. The summed E-state index contributed by atoms with van der Waals surface area (Å²) in [6.45, 7) is 11.4. The summed E-state index contributed by atoms with van der Waals surface area (Å²) in [5.74, 6) is 0.706. The molecule has 1 aromatic carbocycles. The monoisotopic (exact) mass is 285 g/mol. The van der Waals surface area contributed by atoms with Gasteiger partial charge < -0.3 is 10.3 Å². The van der Waals surface area contributed by atoms with E-state index in [0.717, 1.165) is 26.2 Å². The molecule has 2 heterocycles. The van der Waals surface area contributed by atoms with Crippen molar-refractivity contribution < 1.29 is 0 Å². The van der Waals surface area contributed by atoms with Crippen molar-refractivity contribution in [2.75, 3.05) is 26.2 Å². The van der Waals surface area contributed by atoms with E-state index in [1.807, 2.05) is 0 Å². The predicted molar refractivity (Wildman–Crippen MR) is 89.7 cm³/mol. The van der Waals surface area contributed by atoms with Gasteiger partial charge in [0.05, 0.1) is 0 Å². The van der Waals surface area contributed by atoms with E-state index in [1.165, 1.54) is 28.6 Å². The molecule has 0 unspecified atom stereocenters. The minimum Gasteiger partial charge on any atom is -0.358 e. The first-order chi connectivity index (χ1) is 10.2. The van der Waals surface area contributed by atoms with E-state index in [1.54, 1.807) is 0 Å². The molecule has 114 valence electrons. The number of aryl methyl sites for hydroxylation is 1. The molecule has 0 spiro atoms. The van der Waals surface area contributed by atoms with Crippen molar-refractivity contribution in [2.24, 2.45) is 5.92 Å². The summed E-state index contributed by atoms with van der Waals surface area (Å²) in [5.41, 5.74) is 4.12. The molecule has 0 amide bonds. The molecule has 3 heteroatoms. The van der Waals surface area contributed by atoms with Crippen LogP contribution in [0.2, 0.25) is 0 Å². The first-order valence-corrected chi connectivity index (χ1v) is 8.18. The van der Waals surface area contributed by atoms with Gasteiger partial charge in [-0.1, -0.05) is 32.0 Å². The lowest BCUT2D eigenvalue weighted by Crippen LogP contribution is -2.45. The normalized spacial score (nSPS) is 18.5. The van der Waals surface area contributed by atoms with Gasteiger partial charge in [0.25, 0.3) is 0 Å². The van der Waals surface area contributed by atoms with Gasteiger partial charge in [-0.3, -0.25) is 4.90 Å². The van der Waals surface area contributed by atoms with E-state index in [4.69, 9.17) is 0 Å². The second-order valence-corrected chi connectivity index (χ2v) is 6.64. The predicted octanol–water partition coefficient (Wildman–Crippen LogP) is 3.47. The molecule has 21 heavy (non-hydrogen) atoms. The van der Waals surface area contributed by atoms with Gasteiger partial charge in [0.1, 0.15) is 0 Å². The van der Waals surface area contributed by atoms with Gasteiger partial charge >= 0.3 is 0 Å². The van der Waals surface area contributed by atoms with Crippen LogP contribution in [0.4, 0.5) is 0 Å². The van der Waals surface area contributed by atoms with E-state index in [-0.39, 0.29) is 0 Å². The summed E-state index contributed by atoms with van der Waals surface area (Å²) in [4.78, 5) is 6.24. The Morgan fingerprint density at radius 1 is 1.14 bits per heavy atom. The van der Waals surface area contributed by atoms with Gasteiger partial charge in [0.15, 0.2) is 0 Å². The largest absolute Gasteiger partial charge is 0.358 e. The van der Waals surface area contributed by atoms with Gasteiger partial charge in [0.2, 0.25) is 0 Å². The molecular weight excluding hydrogens is 258 g/mol. The first-order valence-electron chi connectivity index (χ1n) is 8.18. The van der Waals surface area contributed by atoms with Crippen LogP contribution in [0.3, 0.4) is 0 Å². The Labute approximate surface area is 127 Å². The zero-order valence-electron chi connectivity index (χ0n) is 13.4. The summed E-state index contributed by atoms with van der Waals surface area (Å²) in [5, 5.41) is 4.87. The average molecular weight is 285 g/mol. The number of nitrogens with zero attached hydrogens (tertiary/aromatic N) is 1. The van der Waals surface area contributed by atoms with Crippen molar-refractivity contribution >= 4 is 10.9 Å². The number of aromatic nitrogens is 1. The Morgan fingerprint density at radius 3 is 2.57 bits per heavy atom. The molecular formula is C18H27N3. The average Bonchev–Trinajstić information content (AvgIpc) is 2.81. The number of hydrogen-bond acceptors (Lipinski definition) is 2. The van der Waals surface area contributed by atoms with E-state index < -0.39 is 0 Å². The van der Waals surface area contributed by atoms with Crippen molar-refractivity contribution in [3.63, 3.8) is 0 Å². The van der Waals surface area contributed by atoms with Crippen LogP contribution in [-0.2, 0) is 0 Å². The maximum atomic E-state index is 3.58. The molecule has 2 N–H and O–H groups in total. The summed E-state index contributed by atoms with van der Waals surface area (Å²) in [7, 11) is 0. The van der Waals surface area contributed by atoms with Crippen LogP contribution >= 0.6 is 0 Å². The Hall–Kier alpha value is -1.32. The molecule has 1 aromatic heterocycles. The van der Waals surface area contributed by atoms with Crippen LogP contribution < -0.4 is 5.32 Å². The van der Waals surface area contributed by atoms with E-state index >= 15 is 0 Å². The van der Waals surface area contributed by atoms with E-state index in [0.29, 0.717) is 12.0 Å². The number of hydrogen-bond donors (Lipinski definition) is 2. The summed E-state index contributed by atoms with van der Waals surface area (Å²) in [6, 6.07) is 9.26. The highest BCUT2D eigenvalue weighted by atomic mass is 15.2. The molecule has 0 aliphatic carbocycles. The molecule has 0 bridgehead atoms. The summed E-state index contributed by atoms with van der Waals surface area (Å²) in [6.07, 6.45) is 1.22. The van der Waals surface area contributed by atoms with Crippen LogP contribution in [0.25, 0.3) is 10.9 Å². The van der Waals surface area contributed by atoms with Crippen LogP contribution in [-0.4, -0.2) is 36.1 Å². The number of rotatable bonds is 4.